The molecule has 0 aliphatic rings. The summed E-state index contributed by atoms with van der Waals surface area (Å²) in [5, 5.41) is 24.6. The molecule has 0 fully saturated rings. The van der Waals surface area contributed by atoms with Crippen molar-refractivity contribution in [2.24, 2.45) is 5.10 Å². The minimum Gasteiger partial charge on any atom is -0.504 e. The number of phenolic OH excluding ortho intramolecular Hbond substituents is 1. The van der Waals surface area contributed by atoms with Gasteiger partial charge in [-0.15, -0.1) is 0 Å². The Morgan fingerprint density at radius 3 is 3.04 bits per heavy atom. The molecule has 8 nitrogen and oxygen atoms in total. The molecule has 1 heterocycles. The van der Waals surface area contributed by atoms with Crippen LogP contribution in [0.1, 0.15) is 12.5 Å². The Bertz CT molecular complexity index is 752. The van der Waals surface area contributed by atoms with Gasteiger partial charge in [0.25, 0.3) is 0 Å². The lowest BCUT2D eigenvalue weighted by Gasteiger charge is -2.08. The lowest BCUT2D eigenvalue weighted by Crippen LogP contribution is -1.99. The van der Waals surface area contributed by atoms with Crippen molar-refractivity contribution in [1.29, 1.82) is 0 Å². The van der Waals surface area contributed by atoms with Crippen LogP contribution in [0.15, 0.2) is 40.0 Å². The number of hydrogen-bond donors (Lipinski definition) is 2. The number of ether oxygens (including phenoxy) is 1. The smallest absolute Gasteiger partial charge is 0.313 e. The van der Waals surface area contributed by atoms with Crippen molar-refractivity contribution in [2.45, 2.75) is 6.92 Å². The van der Waals surface area contributed by atoms with Crippen LogP contribution in [-0.2, 0) is 0 Å². The first kappa shape index (κ1) is 16.7. The molecule has 0 unspecified atom stereocenters. The van der Waals surface area contributed by atoms with Gasteiger partial charge in [0.15, 0.2) is 11.5 Å². The SMILES string of the molecule is CCOc1cc(/C=N\Nc2ncccc2[N+](=O)[O-])c(Br)cc1O. The summed E-state index contributed by atoms with van der Waals surface area (Å²) in [5.74, 6) is 0.360. The standard InChI is InChI=1S/C14H13BrN4O4/c1-2-23-13-6-9(10(15)7-12(13)20)8-17-18-14-11(19(21)22)4-3-5-16-14/h3-8,20H,2H2,1H3,(H,16,18)/b17-8-. The highest BCUT2D eigenvalue weighted by atomic mass is 79.9. The topological polar surface area (TPSA) is 110 Å². The van der Waals surface area contributed by atoms with Crippen LogP contribution in [0.25, 0.3) is 0 Å². The van der Waals surface area contributed by atoms with Gasteiger partial charge in [0, 0.05) is 22.3 Å². The maximum Gasteiger partial charge on any atom is 0.313 e. The average molecular weight is 381 g/mol. The molecule has 0 aliphatic heterocycles. The quantitative estimate of drug-likeness (QED) is 0.451. The molecule has 9 heteroatoms. The van der Waals surface area contributed by atoms with Crippen molar-refractivity contribution < 1.29 is 14.8 Å². The summed E-state index contributed by atoms with van der Waals surface area (Å²) >= 11 is 3.30. The van der Waals surface area contributed by atoms with E-state index in [4.69, 9.17) is 4.74 Å². The van der Waals surface area contributed by atoms with Gasteiger partial charge in [0.2, 0.25) is 5.82 Å². The molecule has 0 spiro atoms. The van der Waals surface area contributed by atoms with Gasteiger partial charge in [-0.25, -0.2) is 4.98 Å². The van der Waals surface area contributed by atoms with Gasteiger partial charge in [-0.3, -0.25) is 15.5 Å². The van der Waals surface area contributed by atoms with E-state index in [9.17, 15) is 15.2 Å². The number of nitrogens with zero attached hydrogens (tertiary/aromatic N) is 3. The van der Waals surface area contributed by atoms with Crippen LogP contribution in [0.2, 0.25) is 0 Å². The molecule has 2 aromatic rings. The van der Waals surface area contributed by atoms with Crippen LogP contribution in [0.5, 0.6) is 11.5 Å². The first-order valence-corrected chi connectivity index (χ1v) is 7.36. The van der Waals surface area contributed by atoms with Crippen LogP contribution in [0, 0.1) is 10.1 Å². The number of benzene rings is 1. The molecule has 120 valence electrons. The zero-order valence-electron chi connectivity index (χ0n) is 12.1. The van der Waals surface area contributed by atoms with Crippen molar-refractivity contribution in [1.82, 2.24) is 4.98 Å². The molecule has 0 aliphatic carbocycles. The molecule has 23 heavy (non-hydrogen) atoms. The van der Waals surface area contributed by atoms with E-state index in [0.717, 1.165) is 0 Å². The maximum absolute atomic E-state index is 10.9. The summed E-state index contributed by atoms with van der Waals surface area (Å²) in [4.78, 5) is 14.2. The van der Waals surface area contributed by atoms with Gasteiger partial charge in [-0.1, -0.05) is 0 Å². The fourth-order valence-corrected chi connectivity index (χ4v) is 2.16. The van der Waals surface area contributed by atoms with Crippen LogP contribution in [-0.4, -0.2) is 27.8 Å². The maximum atomic E-state index is 10.9. The van der Waals surface area contributed by atoms with Gasteiger partial charge in [-0.2, -0.15) is 5.10 Å². The number of halogens is 1. The van der Waals surface area contributed by atoms with E-state index < -0.39 is 4.92 Å². The molecule has 2 N–H and O–H groups in total. The fourth-order valence-electron chi connectivity index (χ4n) is 1.72. The zero-order chi connectivity index (χ0) is 16.8. The van der Waals surface area contributed by atoms with Crippen molar-refractivity contribution in [2.75, 3.05) is 12.0 Å². The third-order valence-electron chi connectivity index (χ3n) is 2.74. The number of anilines is 1. The summed E-state index contributed by atoms with van der Waals surface area (Å²) in [7, 11) is 0. The molecule has 0 saturated carbocycles. The second-order valence-electron chi connectivity index (χ2n) is 4.27. The molecular formula is C14H13BrN4O4. The number of aromatic hydroxyl groups is 1. The van der Waals surface area contributed by atoms with Crippen molar-refractivity contribution in [3.05, 3.63) is 50.6 Å². The van der Waals surface area contributed by atoms with E-state index in [-0.39, 0.29) is 17.3 Å². The molecule has 0 radical (unpaired) electrons. The Balaban J connectivity index is 2.21. The number of aromatic nitrogens is 1. The molecule has 0 amide bonds. The van der Waals surface area contributed by atoms with Crippen molar-refractivity contribution in [3.63, 3.8) is 0 Å². The van der Waals surface area contributed by atoms with E-state index in [0.29, 0.717) is 22.4 Å². The van der Waals surface area contributed by atoms with E-state index in [1.165, 1.54) is 30.6 Å². The number of nitro groups is 1. The van der Waals surface area contributed by atoms with E-state index >= 15 is 0 Å². The lowest BCUT2D eigenvalue weighted by atomic mass is 10.2. The monoisotopic (exact) mass is 380 g/mol. The number of hydrogen-bond acceptors (Lipinski definition) is 7. The highest BCUT2D eigenvalue weighted by Gasteiger charge is 2.13. The van der Waals surface area contributed by atoms with Crippen LogP contribution >= 0.6 is 15.9 Å². The van der Waals surface area contributed by atoms with Gasteiger partial charge >= 0.3 is 5.69 Å². The minimum atomic E-state index is -0.547. The second-order valence-corrected chi connectivity index (χ2v) is 5.13. The number of pyridine rings is 1. The van der Waals surface area contributed by atoms with Crippen molar-refractivity contribution in [3.8, 4) is 11.5 Å². The lowest BCUT2D eigenvalue weighted by molar-refractivity contribution is -0.384. The number of phenols is 1. The Labute approximate surface area is 140 Å². The summed E-state index contributed by atoms with van der Waals surface area (Å²) < 4.78 is 5.89. The van der Waals surface area contributed by atoms with E-state index in [1.54, 1.807) is 13.0 Å². The molecule has 1 aromatic carbocycles. The second kappa shape index (κ2) is 7.54. The molecular weight excluding hydrogens is 368 g/mol. The first-order valence-electron chi connectivity index (χ1n) is 6.56. The predicted octanol–water partition coefficient (Wildman–Crippen LogP) is 3.30. The Hall–Kier alpha value is -2.68. The fraction of sp³-hybridized carbons (Fsp3) is 0.143. The summed E-state index contributed by atoms with van der Waals surface area (Å²) in [6, 6.07) is 5.88. The Kier molecular flexibility index (Phi) is 5.47. The normalized spacial score (nSPS) is 10.7. The first-order chi connectivity index (χ1) is 11.0. The molecule has 2 rings (SSSR count). The molecule has 0 atom stereocenters. The predicted molar refractivity (Wildman–Crippen MR) is 89.1 cm³/mol. The van der Waals surface area contributed by atoms with Gasteiger partial charge in [0.1, 0.15) is 0 Å². The third-order valence-corrected chi connectivity index (χ3v) is 3.42. The minimum absolute atomic E-state index is 0.00389. The van der Waals surface area contributed by atoms with E-state index in [2.05, 4.69) is 31.4 Å². The zero-order valence-corrected chi connectivity index (χ0v) is 13.6. The molecule has 0 bridgehead atoms. The Morgan fingerprint density at radius 1 is 1.57 bits per heavy atom. The van der Waals surface area contributed by atoms with Crippen molar-refractivity contribution >= 4 is 33.6 Å². The number of nitrogens with one attached hydrogen (secondary N) is 1. The molecule has 1 aromatic heterocycles. The summed E-state index contributed by atoms with van der Waals surface area (Å²) in [6.07, 6.45) is 2.86. The average Bonchev–Trinajstić information content (AvgIpc) is 2.52. The van der Waals surface area contributed by atoms with Gasteiger partial charge < -0.3 is 9.84 Å². The van der Waals surface area contributed by atoms with Crippen LogP contribution in [0.4, 0.5) is 11.5 Å². The van der Waals surface area contributed by atoms with Crippen LogP contribution in [0.3, 0.4) is 0 Å². The highest BCUT2D eigenvalue weighted by Crippen LogP contribution is 2.32. The third kappa shape index (κ3) is 4.16. The highest BCUT2D eigenvalue weighted by molar-refractivity contribution is 9.10. The number of rotatable bonds is 6. The Morgan fingerprint density at radius 2 is 2.35 bits per heavy atom. The van der Waals surface area contributed by atoms with Crippen LogP contribution < -0.4 is 10.2 Å². The summed E-state index contributed by atoms with van der Waals surface area (Å²) in [5.41, 5.74) is 2.97. The largest absolute Gasteiger partial charge is 0.504 e. The van der Waals surface area contributed by atoms with E-state index in [1.807, 2.05) is 0 Å². The number of hydrazone groups is 1. The van der Waals surface area contributed by atoms with Gasteiger partial charge in [-0.05, 0) is 41.1 Å². The summed E-state index contributed by atoms with van der Waals surface area (Å²) in [6.45, 7) is 2.21. The van der Waals surface area contributed by atoms with Gasteiger partial charge in [0.05, 0.1) is 17.7 Å². The molecule has 0 saturated heterocycles.